The van der Waals surface area contributed by atoms with Crippen LogP contribution in [-0.2, 0) is 6.42 Å². The minimum absolute atomic E-state index is 0.121. The molecule has 0 spiro atoms. The summed E-state index contributed by atoms with van der Waals surface area (Å²) in [4.78, 5) is 10.7. The lowest BCUT2D eigenvalue weighted by Crippen LogP contribution is -1.95. The Hall–Kier alpha value is -1.32. The SMILES string of the molecule is CCCCCCCCCCCCCCCCCc1cc(C(=O)O)n[nH]1. The normalized spacial score (nSPS) is 11.1. The molecule has 2 N–H and O–H groups in total. The van der Waals surface area contributed by atoms with E-state index in [1.807, 2.05) is 0 Å². The summed E-state index contributed by atoms with van der Waals surface area (Å²) in [5, 5.41) is 15.4. The maximum absolute atomic E-state index is 10.7. The van der Waals surface area contributed by atoms with Crippen LogP contribution < -0.4 is 0 Å². The van der Waals surface area contributed by atoms with Gasteiger partial charge in [0, 0.05) is 5.69 Å². The van der Waals surface area contributed by atoms with Crippen LogP contribution in [0.25, 0.3) is 0 Å². The molecule has 0 aliphatic carbocycles. The highest BCUT2D eigenvalue weighted by molar-refractivity contribution is 5.85. The van der Waals surface area contributed by atoms with E-state index >= 15 is 0 Å². The molecule has 0 atom stereocenters. The Balaban J connectivity index is 1.79. The number of aromatic amines is 1. The summed E-state index contributed by atoms with van der Waals surface area (Å²) in [6, 6.07) is 1.64. The van der Waals surface area contributed by atoms with Gasteiger partial charge in [0.1, 0.15) is 0 Å². The predicted octanol–water partition coefficient (Wildman–Crippen LogP) is 6.52. The van der Waals surface area contributed by atoms with Gasteiger partial charge in [0.25, 0.3) is 0 Å². The maximum Gasteiger partial charge on any atom is 0.356 e. The molecular formula is C21H38N2O2. The third-order valence-corrected chi connectivity index (χ3v) is 4.90. The summed E-state index contributed by atoms with van der Waals surface area (Å²) >= 11 is 0. The fourth-order valence-electron chi connectivity index (χ4n) is 3.29. The van der Waals surface area contributed by atoms with Gasteiger partial charge in [-0.05, 0) is 18.9 Å². The molecule has 0 saturated heterocycles. The Kier molecular flexibility index (Phi) is 13.0. The molecule has 144 valence electrons. The molecule has 0 bridgehead atoms. The van der Waals surface area contributed by atoms with Gasteiger partial charge < -0.3 is 5.11 Å². The Bertz CT molecular complexity index is 443. The molecule has 0 radical (unpaired) electrons. The molecule has 4 nitrogen and oxygen atoms in total. The van der Waals surface area contributed by atoms with Crippen LogP contribution in [0.4, 0.5) is 0 Å². The molecule has 4 heteroatoms. The van der Waals surface area contributed by atoms with E-state index in [0.29, 0.717) is 0 Å². The highest BCUT2D eigenvalue weighted by Gasteiger charge is 2.07. The largest absolute Gasteiger partial charge is 0.476 e. The van der Waals surface area contributed by atoms with Gasteiger partial charge in [0.05, 0.1) is 0 Å². The van der Waals surface area contributed by atoms with Gasteiger partial charge in [-0.1, -0.05) is 96.8 Å². The molecule has 1 heterocycles. The lowest BCUT2D eigenvalue weighted by atomic mass is 10.0. The van der Waals surface area contributed by atoms with Gasteiger partial charge in [-0.2, -0.15) is 5.10 Å². The molecule has 0 aliphatic rings. The number of hydrogen-bond acceptors (Lipinski definition) is 2. The minimum atomic E-state index is -0.959. The van der Waals surface area contributed by atoms with Crippen LogP contribution in [0.1, 0.15) is 119 Å². The van der Waals surface area contributed by atoms with Crippen LogP contribution in [0, 0.1) is 0 Å². The smallest absolute Gasteiger partial charge is 0.356 e. The van der Waals surface area contributed by atoms with Crippen molar-refractivity contribution in [2.24, 2.45) is 0 Å². The molecular weight excluding hydrogens is 312 g/mol. The van der Waals surface area contributed by atoms with Crippen LogP contribution in [0.3, 0.4) is 0 Å². The third-order valence-electron chi connectivity index (χ3n) is 4.90. The molecule has 0 saturated carbocycles. The van der Waals surface area contributed by atoms with Crippen molar-refractivity contribution in [2.75, 3.05) is 0 Å². The Morgan fingerprint density at radius 2 is 1.28 bits per heavy atom. The number of aryl methyl sites for hydroxylation is 1. The molecule has 0 fully saturated rings. The van der Waals surface area contributed by atoms with E-state index in [-0.39, 0.29) is 5.69 Å². The van der Waals surface area contributed by atoms with E-state index in [0.717, 1.165) is 18.5 Å². The van der Waals surface area contributed by atoms with E-state index in [2.05, 4.69) is 17.1 Å². The van der Waals surface area contributed by atoms with Crippen molar-refractivity contribution in [3.63, 3.8) is 0 Å². The van der Waals surface area contributed by atoms with E-state index in [1.54, 1.807) is 6.07 Å². The molecule has 1 aromatic rings. The van der Waals surface area contributed by atoms with Crippen LogP contribution >= 0.6 is 0 Å². The Labute approximate surface area is 153 Å². The maximum atomic E-state index is 10.7. The number of nitrogens with zero attached hydrogens (tertiary/aromatic N) is 1. The van der Waals surface area contributed by atoms with Gasteiger partial charge in [0.2, 0.25) is 0 Å². The molecule has 25 heavy (non-hydrogen) atoms. The third kappa shape index (κ3) is 11.8. The summed E-state index contributed by atoms with van der Waals surface area (Å²) in [7, 11) is 0. The summed E-state index contributed by atoms with van der Waals surface area (Å²) < 4.78 is 0. The van der Waals surface area contributed by atoms with Crippen molar-refractivity contribution in [1.82, 2.24) is 10.2 Å². The average molecular weight is 351 g/mol. The lowest BCUT2D eigenvalue weighted by molar-refractivity contribution is 0.0690. The summed E-state index contributed by atoms with van der Waals surface area (Å²) in [6.45, 7) is 2.27. The second-order valence-corrected chi connectivity index (χ2v) is 7.28. The Morgan fingerprint density at radius 3 is 1.68 bits per heavy atom. The summed E-state index contributed by atoms with van der Waals surface area (Å²) in [6.07, 6.45) is 21.3. The van der Waals surface area contributed by atoms with Crippen LogP contribution in [-0.4, -0.2) is 21.3 Å². The predicted molar refractivity (Wildman–Crippen MR) is 104 cm³/mol. The van der Waals surface area contributed by atoms with Crippen molar-refractivity contribution >= 4 is 5.97 Å². The summed E-state index contributed by atoms with van der Waals surface area (Å²) in [5.41, 5.74) is 1.06. The Morgan fingerprint density at radius 1 is 0.840 bits per heavy atom. The van der Waals surface area contributed by atoms with E-state index in [1.165, 1.54) is 89.9 Å². The molecule has 0 amide bonds. The second-order valence-electron chi connectivity index (χ2n) is 7.28. The number of aromatic carboxylic acids is 1. The zero-order valence-corrected chi connectivity index (χ0v) is 16.2. The summed E-state index contributed by atoms with van der Waals surface area (Å²) in [5.74, 6) is -0.959. The van der Waals surface area contributed by atoms with Crippen LogP contribution in [0.5, 0.6) is 0 Å². The highest BCUT2D eigenvalue weighted by atomic mass is 16.4. The van der Waals surface area contributed by atoms with Gasteiger partial charge in [0.15, 0.2) is 5.69 Å². The minimum Gasteiger partial charge on any atom is -0.476 e. The number of hydrogen-bond donors (Lipinski definition) is 2. The first-order valence-electron chi connectivity index (χ1n) is 10.5. The number of carboxylic acid groups (broad SMARTS) is 1. The van der Waals surface area contributed by atoms with Crippen molar-refractivity contribution in [2.45, 2.75) is 110 Å². The topological polar surface area (TPSA) is 66.0 Å². The van der Waals surface area contributed by atoms with Crippen molar-refractivity contribution in [3.05, 3.63) is 17.5 Å². The number of carbonyl (C=O) groups is 1. The number of rotatable bonds is 17. The van der Waals surface area contributed by atoms with Gasteiger partial charge in [-0.25, -0.2) is 4.79 Å². The number of nitrogens with one attached hydrogen (secondary N) is 1. The van der Waals surface area contributed by atoms with Crippen molar-refractivity contribution in [1.29, 1.82) is 0 Å². The highest BCUT2D eigenvalue weighted by Crippen LogP contribution is 2.14. The lowest BCUT2D eigenvalue weighted by Gasteiger charge is -2.03. The van der Waals surface area contributed by atoms with Gasteiger partial charge >= 0.3 is 5.97 Å². The molecule has 0 aromatic carbocycles. The first kappa shape index (κ1) is 21.7. The first-order chi connectivity index (χ1) is 12.2. The second kappa shape index (κ2) is 15.0. The average Bonchev–Trinajstić information content (AvgIpc) is 3.07. The fraction of sp³-hybridized carbons (Fsp3) is 0.810. The number of aromatic nitrogens is 2. The first-order valence-corrected chi connectivity index (χ1v) is 10.5. The van der Waals surface area contributed by atoms with Gasteiger partial charge in [-0.3, -0.25) is 5.10 Å². The van der Waals surface area contributed by atoms with Crippen LogP contribution in [0.15, 0.2) is 6.07 Å². The zero-order valence-electron chi connectivity index (χ0n) is 16.2. The number of H-pyrrole nitrogens is 1. The monoisotopic (exact) mass is 350 g/mol. The molecule has 0 aliphatic heterocycles. The molecule has 1 aromatic heterocycles. The molecule has 0 unspecified atom stereocenters. The van der Waals surface area contributed by atoms with E-state index < -0.39 is 5.97 Å². The van der Waals surface area contributed by atoms with Crippen LogP contribution in [0.2, 0.25) is 0 Å². The van der Waals surface area contributed by atoms with E-state index in [9.17, 15) is 4.79 Å². The number of carboxylic acids is 1. The quantitative estimate of drug-likeness (QED) is 0.314. The molecule has 1 rings (SSSR count). The van der Waals surface area contributed by atoms with E-state index in [4.69, 9.17) is 5.11 Å². The fourth-order valence-corrected chi connectivity index (χ4v) is 3.29. The standard InChI is InChI=1S/C21H38N2O2/c1-2-3-4-5-6-7-8-9-10-11-12-13-14-15-16-17-19-18-20(21(24)25)23-22-19/h18H,2-17H2,1H3,(H,22,23)(H,24,25). The number of unbranched alkanes of at least 4 members (excludes halogenated alkanes) is 14. The van der Waals surface area contributed by atoms with Gasteiger partial charge in [-0.15, -0.1) is 0 Å². The van der Waals surface area contributed by atoms with Crippen molar-refractivity contribution in [3.8, 4) is 0 Å². The van der Waals surface area contributed by atoms with Crippen molar-refractivity contribution < 1.29 is 9.90 Å². The zero-order chi connectivity index (χ0) is 18.2.